The largest absolute Gasteiger partial charge is 0.456 e. The van der Waals surface area contributed by atoms with Crippen molar-refractivity contribution in [3.05, 3.63) is 182 Å². The fraction of sp³-hybridized carbons (Fsp3) is 0. The van der Waals surface area contributed by atoms with Crippen molar-refractivity contribution in [1.82, 2.24) is 19.5 Å². The maximum Gasteiger partial charge on any atom is 0.164 e. The molecule has 0 fully saturated rings. The van der Waals surface area contributed by atoms with E-state index in [9.17, 15) is 0 Å². The summed E-state index contributed by atoms with van der Waals surface area (Å²) in [5.74, 6) is 1.82. The van der Waals surface area contributed by atoms with Crippen molar-refractivity contribution in [3.63, 3.8) is 0 Å². The zero-order valence-corrected chi connectivity index (χ0v) is 29.0. The van der Waals surface area contributed by atoms with Gasteiger partial charge in [0.1, 0.15) is 11.2 Å². The number of aromatic nitrogens is 4. The van der Waals surface area contributed by atoms with E-state index in [4.69, 9.17) is 19.4 Å². The first-order valence-corrected chi connectivity index (χ1v) is 18.1. The SMILES string of the molecule is c1ccc(-c2cc(-c3nc(-c4ccccc4)nc(-c4ccccc4)n3)c3c(c2)oc2cc(-n4c5ccccc5c5cc6ccccc6cc54)ccc23)cc1. The van der Waals surface area contributed by atoms with Crippen molar-refractivity contribution in [3.8, 4) is 51.0 Å². The van der Waals surface area contributed by atoms with Gasteiger partial charge in [0.25, 0.3) is 0 Å². The first-order valence-electron chi connectivity index (χ1n) is 18.1. The van der Waals surface area contributed by atoms with Gasteiger partial charge in [-0.05, 0) is 64.4 Å². The van der Waals surface area contributed by atoms with Gasteiger partial charge in [-0.2, -0.15) is 0 Å². The second kappa shape index (κ2) is 12.1. The molecule has 5 heteroatoms. The average molecular weight is 691 g/mol. The lowest BCUT2D eigenvalue weighted by Gasteiger charge is -2.11. The number of para-hydroxylation sites is 1. The van der Waals surface area contributed by atoms with E-state index in [1.807, 2.05) is 66.7 Å². The number of fused-ring (bicyclic) bond motifs is 7. The van der Waals surface area contributed by atoms with Crippen LogP contribution >= 0.6 is 0 Å². The maximum atomic E-state index is 6.86. The van der Waals surface area contributed by atoms with Crippen LogP contribution in [0.4, 0.5) is 0 Å². The monoisotopic (exact) mass is 690 g/mol. The summed E-state index contributed by atoms with van der Waals surface area (Å²) in [5.41, 5.74) is 9.75. The van der Waals surface area contributed by atoms with Crippen LogP contribution in [0.5, 0.6) is 0 Å². The molecular formula is C49H30N4O. The highest BCUT2D eigenvalue weighted by atomic mass is 16.3. The van der Waals surface area contributed by atoms with Crippen LogP contribution in [-0.2, 0) is 0 Å². The Hall–Kier alpha value is -7.37. The van der Waals surface area contributed by atoms with Gasteiger partial charge in [-0.3, -0.25) is 0 Å². The summed E-state index contributed by atoms with van der Waals surface area (Å²) in [6.45, 7) is 0. The maximum absolute atomic E-state index is 6.86. The Morgan fingerprint density at radius 2 is 0.963 bits per heavy atom. The number of hydrogen-bond donors (Lipinski definition) is 0. The number of nitrogens with zero attached hydrogens (tertiary/aromatic N) is 4. The summed E-state index contributed by atoms with van der Waals surface area (Å²) < 4.78 is 9.21. The van der Waals surface area contributed by atoms with Crippen LogP contribution in [0.2, 0.25) is 0 Å². The molecule has 0 bridgehead atoms. The molecular weight excluding hydrogens is 661 g/mol. The summed E-state index contributed by atoms with van der Waals surface area (Å²) in [4.78, 5) is 15.3. The van der Waals surface area contributed by atoms with Crippen LogP contribution in [-0.4, -0.2) is 19.5 Å². The first-order chi connectivity index (χ1) is 26.7. The van der Waals surface area contributed by atoms with E-state index >= 15 is 0 Å². The summed E-state index contributed by atoms with van der Waals surface area (Å²) in [7, 11) is 0. The summed E-state index contributed by atoms with van der Waals surface area (Å²) in [6.07, 6.45) is 0. The first kappa shape index (κ1) is 30.3. The van der Waals surface area contributed by atoms with Crippen molar-refractivity contribution < 1.29 is 4.42 Å². The predicted molar refractivity (Wildman–Crippen MR) is 221 cm³/mol. The van der Waals surface area contributed by atoms with Crippen molar-refractivity contribution in [2.45, 2.75) is 0 Å². The number of rotatable bonds is 5. The van der Waals surface area contributed by atoms with E-state index in [0.29, 0.717) is 17.5 Å². The molecule has 0 radical (unpaired) electrons. The minimum Gasteiger partial charge on any atom is -0.456 e. The Labute approximate surface area is 310 Å². The van der Waals surface area contributed by atoms with Gasteiger partial charge in [0.05, 0.1) is 11.0 Å². The van der Waals surface area contributed by atoms with Crippen molar-refractivity contribution in [1.29, 1.82) is 0 Å². The van der Waals surface area contributed by atoms with Crippen molar-refractivity contribution in [2.24, 2.45) is 0 Å². The number of furan rings is 1. The molecule has 11 rings (SSSR count). The quantitative estimate of drug-likeness (QED) is 0.180. The average Bonchev–Trinajstić information content (AvgIpc) is 3.78. The Bertz CT molecular complexity index is 3140. The predicted octanol–water partition coefficient (Wildman–Crippen LogP) is 12.7. The topological polar surface area (TPSA) is 56.7 Å². The van der Waals surface area contributed by atoms with Crippen LogP contribution in [0.15, 0.2) is 186 Å². The fourth-order valence-electron chi connectivity index (χ4n) is 7.87. The molecule has 0 aliphatic carbocycles. The molecule has 0 spiro atoms. The lowest BCUT2D eigenvalue weighted by atomic mass is 9.98. The van der Waals surface area contributed by atoms with Gasteiger partial charge in [0.2, 0.25) is 0 Å². The molecule has 0 amide bonds. The van der Waals surface area contributed by atoms with Gasteiger partial charge in [-0.25, -0.2) is 15.0 Å². The lowest BCUT2D eigenvalue weighted by Crippen LogP contribution is -2.00. The van der Waals surface area contributed by atoms with Gasteiger partial charge in [-0.1, -0.05) is 133 Å². The summed E-state index contributed by atoms with van der Waals surface area (Å²) in [5, 5.41) is 6.84. The Morgan fingerprint density at radius 3 is 1.67 bits per heavy atom. The molecule has 0 aliphatic rings. The molecule has 3 aromatic heterocycles. The van der Waals surface area contributed by atoms with Gasteiger partial charge < -0.3 is 8.98 Å². The van der Waals surface area contributed by atoms with Crippen LogP contribution in [0.3, 0.4) is 0 Å². The molecule has 252 valence electrons. The molecule has 54 heavy (non-hydrogen) atoms. The molecule has 0 saturated heterocycles. The van der Waals surface area contributed by atoms with Crippen molar-refractivity contribution >= 4 is 54.5 Å². The van der Waals surface area contributed by atoms with Gasteiger partial charge in [-0.15, -0.1) is 0 Å². The molecule has 5 nitrogen and oxygen atoms in total. The second-order valence-electron chi connectivity index (χ2n) is 13.7. The minimum atomic E-state index is 0.589. The molecule has 0 unspecified atom stereocenters. The third-order valence-corrected chi connectivity index (χ3v) is 10.4. The molecule has 11 aromatic rings. The van der Waals surface area contributed by atoms with E-state index in [1.54, 1.807) is 0 Å². The van der Waals surface area contributed by atoms with Crippen molar-refractivity contribution in [2.75, 3.05) is 0 Å². The zero-order chi connectivity index (χ0) is 35.6. The third kappa shape index (κ3) is 4.90. The third-order valence-electron chi connectivity index (χ3n) is 10.4. The zero-order valence-electron chi connectivity index (χ0n) is 29.0. The standard InChI is InChI=1S/C49H30N4O/c1-4-14-31(15-5-1)36-27-41(49-51-47(32-16-6-2-7-17-32)50-48(52-49)33-18-8-3-9-19-33)46-39-25-24-37(30-44(39)54-45(46)29-36)53-42-23-13-12-22-38(42)40-26-34-20-10-11-21-35(34)28-43(40)53/h1-30H. The molecule has 8 aromatic carbocycles. The van der Waals surface area contributed by atoms with E-state index < -0.39 is 0 Å². The minimum absolute atomic E-state index is 0.589. The highest BCUT2D eigenvalue weighted by molar-refractivity contribution is 6.15. The van der Waals surface area contributed by atoms with Gasteiger partial charge in [0, 0.05) is 50.0 Å². The van der Waals surface area contributed by atoms with Crippen LogP contribution in [0, 0.1) is 0 Å². The molecule has 0 saturated carbocycles. The molecule has 0 atom stereocenters. The molecule has 0 N–H and O–H groups in total. The number of benzene rings is 8. The van der Waals surface area contributed by atoms with E-state index in [1.165, 1.54) is 21.5 Å². The Balaban J connectivity index is 1.18. The van der Waals surface area contributed by atoms with E-state index in [2.05, 4.69) is 120 Å². The summed E-state index contributed by atoms with van der Waals surface area (Å²) in [6, 6.07) is 63.3. The van der Waals surface area contributed by atoms with Crippen LogP contribution < -0.4 is 0 Å². The Kier molecular flexibility index (Phi) is 6.79. The van der Waals surface area contributed by atoms with E-state index in [0.717, 1.165) is 66.5 Å². The smallest absolute Gasteiger partial charge is 0.164 e. The molecule has 0 aliphatic heterocycles. The normalized spacial score (nSPS) is 11.7. The van der Waals surface area contributed by atoms with E-state index in [-0.39, 0.29) is 0 Å². The molecule has 3 heterocycles. The second-order valence-corrected chi connectivity index (χ2v) is 13.7. The lowest BCUT2D eigenvalue weighted by molar-refractivity contribution is 0.669. The van der Waals surface area contributed by atoms with Gasteiger partial charge in [0.15, 0.2) is 17.5 Å². The van der Waals surface area contributed by atoms with Gasteiger partial charge >= 0.3 is 0 Å². The number of hydrogen-bond acceptors (Lipinski definition) is 4. The highest BCUT2D eigenvalue weighted by Crippen LogP contribution is 2.42. The fourth-order valence-corrected chi connectivity index (χ4v) is 7.87. The summed E-state index contributed by atoms with van der Waals surface area (Å²) >= 11 is 0. The van der Waals surface area contributed by atoms with Crippen LogP contribution in [0.25, 0.3) is 105 Å². The van der Waals surface area contributed by atoms with Crippen LogP contribution in [0.1, 0.15) is 0 Å². The Morgan fingerprint density at radius 1 is 0.370 bits per heavy atom. The highest BCUT2D eigenvalue weighted by Gasteiger charge is 2.21.